The molecule has 0 unspecified atom stereocenters. The van der Waals surface area contributed by atoms with Crippen LogP contribution in [0.15, 0.2) is 17.5 Å². The third kappa shape index (κ3) is 5.95. The Bertz CT molecular complexity index is 414. The van der Waals surface area contributed by atoms with Gasteiger partial charge in [-0.1, -0.05) is 6.07 Å². The first-order valence-electron chi connectivity index (χ1n) is 7.97. The molecule has 1 fully saturated rings. The van der Waals surface area contributed by atoms with E-state index in [2.05, 4.69) is 16.7 Å². The van der Waals surface area contributed by atoms with Crippen molar-refractivity contribution in [2.45, 2.75) is 38.7 Å². The Kier molecular flexibility index (Phi) is 7.27. The summed E-state index contributed by atoms with van der Waals surface area (Å²) < 4.78 is 5.57. The minimum Gasteiger partial charge on any atom is -0.392 e. The lowest BCUT2D eigenvalue weighted by Gasteiger charge is -2.40. The van der Waals surface area contributed by atoms with Crippen molar-refractivity contribution < 1.29 is 14.9 Å². The second-order valence-corrected chi connectivity index (χ2v) is 7.23. The fourth-order valence-corrected chi connectivity index (χ4v) is 3.53. The third-order valence-corrected chi connectivity index (χ3v) is 4.80. The van der Waals surface area contributed by atoms with Crippen LogP contribution in [0.1, 0.15) is 18.7 Å². The predicted octanol–water partition coefficient (Wildman–Crippen LogP) is 1.01. The molecule has 1 aliphatic rings. The molecule has 2 heterocycles. The minimum atomic E-state index is -0.449. The first-order chi connectivity index (χ1) is 10.5. The average Bonchev–Trinajstić information content (AvgIpc) is 2.95. The summed E-state index contributed by atoms with van der Waals surface area (Å²) in [5, 5.41) is 21.6. The SMILES string of the molecule is C[C@H](O)CN1CCN(C[C@@H](O)COCc2cccs2)C[C@H]1C. The molecule has 0 aromatic carbocycles. The summed E-state index contributed by atoms with van der Waals surface area (Å²) in [6, 6.07) is 4.45. The van der Waals surface area contributed by atoms with Crippen LogP contribution in [0.2, 0.25) is 0 Å². The first kappa shape index (κ1) is 17.8. The van der Waals surface area contributed by atoms with Crippen molar-refractivity contribution in [2.75, 3.05) is 39.3 Å². The van der Waals surface area contributed by atoms with Crippen LogP contribution in [0.25, 0.3) is 0 Å². The van der Waals surface area contributed by atoms with Crippen LogP contribution >= 0.6 is 11.3 Å². The van der Waals surface area contributed by atoms with Crippen molar-refractivity contribution in [3.8, 4) is 0 Å². The van der Waals surface area contributed by atoms with E-state index in [1.807, 2.05) is 24.4 Å². The number of aliphatic hydroxyl groups excluding tert-OH is 2. The highest BCUT2D eigenvalue weighted by Gasteiger charge is 2.25. The zero-order valence-electron chi connectivity index (χ0n) is 13.5. The minimum absolute atomic E-state index is 0.287. The van der Waals surface area contributed by atoms with Crippen LogP contribution in [0, 0.1) is 0 Å². The highest BCUT2D eigenvalue weighted by molar-refractivity contribution is 7.09. The van der Waals surface area contributed by atoms with E-state index < -0.39 is 6.10 Å². The van der Waals surface area contributed by atoms with E-state index in [9.17, 15) is 10.2 Å². The molecule has 0 saturated carbocycles. The molecular formula is C16H28N2O3S. The van der Waals surface area contributed by atoms with Gasteiger partial charge in [0.2, 0.25) is 0 Å². The van der Waals surface area contributed by atoms with E-state index in [-0.39, 0.29) is 6.10 Å². The standard InChI is InChI=1S/C16H28N2O3S/c1-13-8-17(5-6-18(13)9-14(2)19)10-15(20)11-21-12-16-4-3-7-22-16/h3-4,7,13-15,19-20H,5-6,8-12H2,1-2H3/t13-,14+,15-/m1/s1. The van der Waals surface area contributed by atoms with Gasteiger partial charge >= 0.3 is 0 Å². The molecule has 22 heavy (non-hydrogen) atoms. The van der Waals surface area contributed by atoms with Gasteiger partial charge in [-0.3, -0.25) is 9.80 Å². The van der Waals surface area contributed by atoms with Gasteiger partial charge in [-0.2, -0.15) is 0 Å². The van der Waals surface area contributed by atoms with Gasteiger partial charge in [0.1, 0.15) is 0 Å². The number of ether oxygens (including phenoxy) is 1. The molecule has 0 bridgehead atoms. The Balaban J connectivity index is 1.64. The highest BCUT2D eigenvalue weighted by Crippen LogP contribution is 2.12. The van der Waals surface area contributed by atoms with Gasteiger partial charge in [0, 0.05) is 43.6 Å². The number of hydrogen-bond acceptors (Lipinski definition) is 6. The quantitative estimate of drug-likeness (QED) is 0.746. The summed E-state index contributed by atoms with van der Waals surface area (Å²) in [5.74, 6) is 0. The lowest BCUT2D eigenvalue weighted by atomic mass is 10.1. The summed E-state index contributed by atoms with van der Waals surface area (Å²) in [6.45, 7) is 9.12. The molecule has 1 aliphatic heterocycles. The maximum atomic E-state index is 10.1. The van der Waals surface area contributed by atoms with E-state index in [0.717, 1.165) is 26.2 Å². The van der Waals surface area contributed by atoms with Gasteiger partial charge in [0.05, 0.1) is 25.4 Å². The fourth-order valence-electron chi connectivity index (χ4n) is 2.89. The van der Waals surface area contributed by atoms with E-state index in [1.54, 1.807) is 11.3 Å². The van der Waals surface area contributed by atoms with Crippen molar-refractivity contribution in [3.63, 3.8) is 0 Å². The van der Waals surface area contributed by atoms with Gasteiger partial charge in [0.25, 0.3) is 0 Å². The summed E-state index contributed by atoms with van der Waals surface area (Å²) in [7, 11) is 0. The predicted molar refractivity (Wildman–Crippen MR) is 89.1 cm³/mol. The van der Waals surface area contributed by atoms with Crippen molar-refractivity contribution in [2.24, 2.45) is 0 Å². The molecule has 0 radical (unpaired) electrons. The van der Waals surface area contributed by atoms with Gasteiger partial charge < -0.3 is 14.9 Å². The largest absolute Gasteiger partial charge is 0.392 e. The van der Waals surface area contributed by atoms with Crippen molar-refractivity contribution in [3.05, 3.63) is 22.4 Å². The monoisotopic (exact) mass is 328 g/mol. The molecule has 2 N–H and O–H groups in total. The Morgan fingerprint density at radius 1 is 1.36 bits per heavy atom. The Morgan fingerprint density at radius 3 is 2.82 bits per heavy atom. The van der Waals surface area contributed by atoms with Crippen LogP contribution in [-0.4, -0.2) is 77.6 Å². The van der Waals surface area contributed by atoms with E-state index in [1.165, 1.54) is 4.88 Å². The topological polar surface area (TPSA) is 56.2 Å². The molecule has 0 aliphatic carbocycles. The third-order valence-electron chi connectivity index (χ3n) is 3.95. The summed E-state index contributed by atoms with van der Waals surface area (Å²) in [6.07, 6.45) is -0.735. The molecule has 126 valence electrons. The summed E-state index contributed by atoms with van der Waals surface area (Å²) in [5.41, 5.74) is 0. The molecule has 0 amide bonds. The molecule has 1 saturated heterocycles. The van der Waals surface area contributed by atoms with Crippen LogP contribution in [0.3, 0.4) is 0 Å². The van der Waals surface area contributed by atoms with Crippen LogP contribution < -0.4 is 0 Å². The molecule has 1 aromatic rings. The maximum Gasteiger partial charge on any atom is 0.0900 e. The van der Waals surface area contributed by atoms with Gasteiger partial charge in [-0.05, 0) is 25.3 Å². The normalized spacial score (nSPS) is 23.5. The zero-order chi connectivity index (χ0) is 15.9. The lowest BCUT2D eigenvalue weighted by molar-refractivity contribution is -0.0110. The molecule has 6 heteroatoms. The first-order valence-corrected chi connectivity index (χ1v) is 8.85. The number of thiophene rings is 1. The smallest absolute Gasteiger partial charge is 0.0900 e. The number of rotatable bonds is 8. The van der Waals surface area contributed by atoms with Gasteiger partial charge in [-0.15, -0.1) is 11.3 Å². The second kappa shape index (κ2) is 8.96. The summed E-state index contributed by atoms with van der Waals surface area (Å²) >= 11 is 1.67. The van der Waals surface area contributed by atoms with Gasteiger partial charge in [-0.25, -0.2) is 0 Å². The fraction of sp³-hybridized carbons (Fsp3) is 0.750. The number of piperazine rings is 1. The van der Waals surface area contributed by atoms with E-state index in [4.69, 9.17) is 4.74 Å². The van der Waals surface area contributed by atoms with Crippen molar-refractivity contribution in [1.29, 1.82) is 0 Å². The average molecular weight is 328 g/mol. The van der Waals surface area contributed by atoms with E-state index in [0.29, 0.717) is 25.8 Å². The maximum absolute atomic E-state index is 10.1. The Labute approximate surface area is 137 Å². The van der Waals surface area contributed by atoms with Crippen molar-refractivity contribution >= 4 is 11.3 Å². The molecule has 5 nitrogen and oxygen atoms in total. The molecule has 2 rings (SSSR count). The molecular weight excluding hydrogens is 300 g/mol. The number of hydrogen-bond donors (Lipinski definition) is 2. The van der Waals surface area contributed by atoms with Crippen LogP contribution in [0.5, 0.6) is 0 Å². The number of β-amino-alcohol motifs (C(OH)–C–C–N with tert-alkyl or cyclic N) is 2. The van der Waals surface area contributed by atoms with Crippen molar-refractivity contribution in [1.82, 2.24) is 9.80 Å². The highest BCUT2D eigenvalue weighted by atomic mass is 32.1. The Hall–Kier alpha value is -0.500. The van der Waals surface area contributed by atoms with E-state index >= 15 is 0 Å². The second-order valence-electron chi connectivity index (χ2n) is 6.20. The lowest BCUT2D eigenvalue weighted by Crippen LogP contribution is -2.54. The molecule has 1 aromatic heterocycles. The van der Waals surface area contributed by atoms with Crippen LogP contribution in [0.4, 0.5) is 0 Å². The Morgan fingerprint density at radius 2 is 2.18 bits per heavy atom. The summed E-state index contributed by atoms with van der Waals surface area (Å²) in [4.78, 5) is 5.77. The number of nitrogens with zero attached hydrogens (tertiary/aromatic N) is 2. The molecule has 3 atom stereocenters. The van der Waals surface area contributed by atoms with Crippen LogP contribution in [-0.2, 0) is 11.3 Å². The van der Waals surface area contributed by atoms with Gasteiger partial charge in [0.15, 0.2) is 0 Å². The zero-order valence-corrected chi connectivity index (χ0v) is 14.3. The molecule has 0 spiro atoms. The number of aliphatic hydroxyl groups is 2.